The Hall–Kier alpha value is -2.99. The molecule has 2 aromatic rings. The van der Waals surface area contributed by atoms with Crippen molar-refractivity contribution in [1.29, 1.82) is 0 Å². The minimum absolute atomic E-state index is 0.138. The molecule has 0 N–H and O–H groups in total. The van der Waals surface area contributed by atoms with E-state index in [9.17, 15) is 4.79 Å². The smallest absolute Gasteiger partial charge is 0.185 e. The summed E-state index contributed by atoms with van der Waals surface area (Å²) in [5.74, 6) is 2.30. The molecule has 162 valence electrons. The van der Waals surface area contributed by atoms with Crippen LogP contribution in [0.2, 0.25) is 0 Å². The molecule has 0 radical (unpaired) electrons. The molecular formula is C24H30O6. The summed E-state index contributed by atoms with van der Waals surface area (Å²) in [6, 6.07) is 10.7. The first-order chi connectivity index (χ1) is 14.6. The third kappa shape index (κ3) is 6.81. The van der Waals surface area contributed by atoms with E-state index in [1.807, 2.05) is 25.1 Å². The number of ketones is 1. The predicted octanol–water partition coefficient (Wildman–Crippen LogP) is 4.80. The van der Waals surface area contributed by atoms with Gasteiger partial charge in [0, 0.05) is 12.7 Å². The maximum atomic E-state index is 12.6. The maximum absolute atomic E-state index is 12.6. The SMILES string of the molecule is CCCOc1ccc(/C=C/C(=O)c2ccc(OCCOC)c(OC)c2)cc1OCC. The van der Waals surface area contributed by atoms with Gasteiger partial charge in [-0.2, -0.15) is 0 Å². The number of methoxy groups -OCH3 is 2. The van der Waals surface area contributed by atoms with Crippen molar-refractivity contribution in [2.24, 2.45) is 0 Å². The van der Waals surface area contributed by atoms with Gasteiger partial charge in [0.1, 0.15) is 6.61 Å². The average Bonchev–Trinajstić information content (AvgIpc) is 2.77. The fourth-order valence-corrected chi connectivity index (χ4v) is 2.67. The third-order valence-corrected chi connectivity index (χ3v) is 4.15. The number of rotatable bonds is 13. The van der Waals surface area contributed by atoms with E-state index in [2.05, 4.69) is 6.92 Å². The van der Waals surface area contributed by atoms with Crippen molar-refractivity contribution in [3.8, 4) is 23.0 Å². The normalized spacial score (nSPS) is 10.8. The van der Waals surface area contributed by atoms with Gasteiger partial charge in [-0.1, -0.05) is 19.1 Å². The highest BCUT2D eigenvalue weighted by atomic mass is 16.5. The number of allylic oxidation sites excluding steroid dienone is 1. The lowest BCUT2D eigenvalue weighted by Crippen LogP contribution is -2.06. The molecule has 0 spiro atoms. The highest BCUT2D eigenvalue weighted by molar-refractivity contribution is 6.07. The van der Waals surface area contributed by atoms with Crippen molar-refractivity contribution in [2.75, 3.05) is 40.6 Å². The molecule has 2 aromatic carbocycles. The fourth-order valence-electron chi connectivity index (χ4n) is 2.67. The van der Waals surface area contributed by atoms with Crippen LogP contribution in [-0.2, 0) is 4.74 Å². The lowest BCUT2D eigenvalue weighted by molar-refractivity contribution is 0.104. The minimum Gasteiger partial charge on any atom is -0.493 e. The van der Waals surface area contributed by atoms with Crippen LogP contribution in [0.25, 0.3) is 6.08 Å². The number of ether oxygens (including phenoxy) is 5. The molecule has 0 fully saturated rings. The molecule has 6 heteroatoms. The van der Waals surface area contributed by atoms with Gasteiger partial charge < -0.3 is 23.7 Å². The lowest BCUT2D eigenvalue weighted by atomic mass is 10.1. The number of hydrogen-bond acceptors (Lipinski definition) is 6. The van der Waals surface area contributed by atoms with Gasteiger partial charge in [0.25, 0.3) is 0 Å². The summed E-state index contributed by atoms with van der Waals surface area (Å²) >= 11 is 0. The van der Waals surface area contributed by atoms with Crippen molar-refractivity contribution in [3.05, 3.63) is 53.6 Å². The summed E-state index contributed by atoms with van der Waals surface area (Å²) < 4.78 is 27.3. The Balaban J connectivity index is 2.13. The van der Waals surface area contributed by atoms with E-state index in [0.29, 0.717) is 55.0 Å². The van der Waals surface area contributed by atoms with Crippen LogP contribution in [0.4, 0.5) is 0 Å². The van der Waals surface area contributed by atoms with Crippen LogP contribution < -0.4 is 18.9 Å². The Morgan fingerprint density at radius 2 is 1.57 bits per heavy atom. The Bertz CT molecular complexity index is 844. The minimum atomic E-state index is -0.138. The Morgan fingerprint density at radius 1 is 0.833 bits per heavy atom. The average molecular weight is 414 g/mol. The maximum Gasteiger partial charge on any atom is 0.185 e. The zero-order valence-corrected chi connectivity index (χ0v) is 18.1. The largest absolute Gasteiger partial charge is 0.493 e. The van der Waals surface area contributed by atoms with E-state index in [4.69, 9.17) is 23.7 Å². The number of hydrogen-bond donors (Lipinski definition) is 0. The van der Waals surface area contributed by atoms with Crippen molar-refractivity contribution < 1.29 is 28.5 Å². The highest BCUT2D eigenvalue weighted by Crippen LogP contribution is 2.30. The van der Waals surface area contributed by atoms with E-state index < -0.39 is 0 Å². The molecule has 0 aliphatic rings. The van der Waals surface area contributed by atoms with E-state index >= 15 is 0 Å². The lowest BCUT2D eigenvalue weighted by Gasteiger charge is -2.12. The zero-order valence-electron chi connectivity index (χ0n) is 18.1. The molecule has 0 atom stereocenters. The first kappa shape index (κ1) is 23.3. The summed E-state index contributed by atoms with van der Waals surface area (Å²) in [5.41, 5.74) is 1.36. The molecule has 0 saturated carbocycles. The summed E-state index contributed by atoms with van der Waals surface area (Å²) in [6.45, 7) is 6.01. The molecule has 2 rings (SSSR count). The highest BCUT2D eigenvalue weighted by Gasteiger charge is 2.10. The van der Waals surface area contributed by atoms with Crippen LogP contribution in [-0.4, -0.2) is 46.4 Å². The van der Waals surface area contributed by atoms with Crippen LogP contribution >= 0.6 is 0 Å². The van der Waals surface area contributed by atoms with Crippen LogP contribution in [0.3, 0.4) is 0 Å². The molecule has 0 unspecified atom stereocenters. The summed E-state index contributed by atoms with van der Waals surface area (Å²) in [6.07, 6.45) is 4.20. The second-order valence-electron chi connectivity index (χ2n) is 6.39. The van der Waals surface area contributed by atoms with E-state index in [-0.39, 0.29) is 5.78 Å². The van der Waals surface area contributed by atoms with Gasteiger partial charge in [-0.3, -0.25) is 4.79 Å². The van der Waals surface area contributed by atoms with E-state index in [0.717, 1.165) is 12.0 Å². The first-order valence-electron chi connectivity index (χ1n) is 10.0. The van der Waals surface area contributed by atoms with Crippen LogP contribution in [0.1, 0.15) is 36.2 Å². The van der Waals surface area contributed by atoms with Gasteiger partial charge in [0.15, 0.2) is 28.8 Å². The second-order valence-corrected chi connectivity index (χ2v) is 6.39. The van der Waals surface area contributed by atoms with Crippen molar-refractivity contribution in [1.82, 2.24) is 0 Å². The quantitative estimate of drug-likeness (QED) is 0.266. The molecule has 6 nitrogen and oxygen atoms in total. The summed E-state index contributed by atoms with van der Waals surface area (Å²) in [7, 11) is 3.15. The van der Waals surface area contributed by atoms with Crippen molar-refractivity contribution in [2.45, 2.75) is 20.3 Å². The molecule has 0 aliphatic heterocycles. The fraction of sp³-hybridized carbons (Fsp3) is 0.375. The molecular weight excluding hydrogens is 384 g/mol. The molecule has 0 heterocycles. The number of carbonyl (C=O) groups excluding carboxylic acids is 1. The molecule has 0 bridgehead atoms. The van der Waals surface area contributed by atoms with Gasteiger partial charge >= 0.3 is 0 Å². The van der Waals surface area contributed by atoms with E-state index in [1.165, 1.54) is 6.08 Å². The topological polar surface area (TPSA) is 63.2 Å². The molecule has 0 amide bonds. The monoisotopic (exact) mass is 414 g/mol. The number of benzene rings is 2. The van der Waals surface area contributed by atoms with Crippen LogP contribution in [0.5, 0.6) is 23.0 Å². The van der Waals surface area contributed by atoms with Gasteiger partial charge in [-0.15, -0.1) is 0 Å². The van der Waals surface area contributed by atoms with Gasteiger partial charge in [-0.05, 0) is 55.3 Å². The molecule has 0 saturated heterocycles. The van der Waals surface area contributed by atoms with Gasteiger partial charge in [0.2, 0.25) is 0 Å². The van der Waals surface area contributed by atoms with Crippen molar-refractivity contribution >= 4 is 11.9 Å². The van der Waals surface area contributed by atoms with Crippen molar-refractivity contribution in [3.63, 3.8) is 0 Å². The van der Waals surface area contributed by atoms with Crippen LogP contribution in [0.15, 0.2) is 42.5 Å². The Kier molecular flexibility index (Phi) is 9.74. The van der Waals surface area contributed by atoms with Gasteiger partial charge in [0.05, 0.1) is 26.9 Å². The zero-order chi connectivity index (χ0) is 21.8. The summed E-state index contributed by atoms with van der Waals surface area (Å²) in [4.78, 5) is 12.6. The summed E-state index contributed by atoms with van der Waals surface area (Å²) in [5, 5.41) is 0. The molecule has 0 aromatic heterocycles. The standard InChI is InChI=1S/C24H30O6/c1-5-13-29-22-11-8-18(16-24(22)28-6-2)7-10-20(25)19-9-12-21(23(17-19)27-4)30-15-14-26-3/h7-12,16-17H,5-6,13-15H2,1-4H3/b10-7+. The van der Waals surface area contributed by atoms with E-state index in [1.54, 1.807) is 38.5 Å². The third-order valence-electron chi connectivity index (χ3n) is 4.15. The Labute approximate surface area is 178 Å². The number of carbonyl (C=O) groups is 1. The first-order valence-corrected chi connectivity index (χ1v) is 10.0. The predicted molar refractivity (Wildman–Crippen MR) is 117 cm³/mol. The molecule has 30 heavy (non-hydrogen) atoms. The van der Waals surface area contributed by atoms with Crippen LogP contribution in [0, 0.1) is 0 Å². The molecule has 0 aliphatic carbocycles. The van der Waals surface area contributed by atoms with Gasteiger partial charge in [-0.25, -0.2) is 0 Å². The second kappa shape index (κ2) is 12.5. The Morgan fingerprint density at radius 3 is 2.27 bits per heavy atom.